The molecule has 1 aromatic heterocycles. The summed E-state index contributed by atoms with van der Waals surface area (Å²) in [6, 6.07) is 11.2. The zero-order valence-electron chi connectivity index (χ0n) is 13.5. The lowest BCUT2D eigenvalue weighted by molar-refractivity contribution is 0.0699. The molecule has 0 bridgehead atoms. The van der Waals surface area contributed by atoms with Crippen LogP contribution in [0.5, 0.6) is 0 Å². The van der Waals surface area contributed by atoms with Crippen molar-refractivity contribution < 1.29 is 4.74 Å². The maximum Gasteiger partial charge on any atom is 0.0469 e. The predicted molar refractivity (Wildman–Crippen MR) is 97.5 cm³/mol. The van der Waals surface area contributed by atoms with E-state index in [9.17, 15) is 0 Å². The maximum atomic E-state index is 5.42. The van der Waals surface area contributed by atoms with Gasteiger partial charge in [-0.15, -0.1) is 11.3 Å². The molecule has 3 heterocycles. The molecule has 0 saturated carbocycles. The van der Waals surface area contributed by atoms with Crippen LogP contribution in [0.25, 0.3) is 0 Å². The van der Waals surface area contributed by atoms with Crippen LogP contribution >= 0.6 is 11.3 Å². The van der Waals surface area contributed by atoms with Gasteiger partial charge in [0.05, 0.1) is 0 Å². The van der Waals surface area contributed by atoms with Crippen molar-refractivity contribution >= 4 is 22.7 Å². The minimum Gasteiger partial charge on any atom is -0.385 e. The van der Waals surface area contributed by atoms with Crippen molar-refractivity contribution in [2.24, 2.45) is 5.92 Å². The number of ether oxygens (including phenoxy) is 1. The van der Waals surface area contributed by atoms with E-state index >= 15 is 0 Å². The molecule has 0 amide bonds. The fraction of sp³-hybridized carbons (Fsp3) is 0.474. The molecule has 0 unspecified atom stereocenters. The van der Waals surface area contributed by atoms with E-state index in [2.05, 4.69) is 45.9 Å². The Bertz CT molecular complexity index is 631. The van der Waals surface area contributed by atoms with Gasteiger partial charge in [-0.05, 0) is 66.5 Å². The van der Waals surface area contributed by atoms with Crippen LogP contribution in [0.1, 0.15) is 23.3 Å². The summed E-state index contributed by atoms with van der Waals surface area (Å²) < 4.78 is 5.42. The number of rotatable bonds is 4. The van der Waals surface area contributed by atoms with Gasteiger partial charge in [0, 0.05) is 49.1 Å². The molecule has 0 radical (unpaired) electrons. The van der Waals surface area contributed by atoms with Gasteiger partial charge < -0.3 is 15.0 Å². The largest absolute Gasteiger partial charge is 0.385 e. The maximum absolute atomic E-state index is 5.42. The monoisotopic (exact) mass is 328 g/mol. The number of fused-ring (bicyclic) bond motifs is 1. The Labute approximate surface area is 142 Å². The summed E-state index contributed by atoms with van der Waals surface area (Å²) in [5.41, 5.74) is 4.06. The number of hydrogen-bond acceptors (Lipinski definition) is 4. The number of thiophene rings is 1. The van der Waals surface area contributed by atoms with Gasteiger partial charge in [0.15, 0.2) is 0 Å². The third-order valence-electron chi connectivity index (χ3n) is 4.98. The molecule has 1 aromatic carbocycles. The lowest BCUT2D eigenvalue weighted by Gasteiger charge is -2.29. The standard InChI is InChI=1S/C19H24N2OS/c1-3-18(21-9-5-19-16(14-21)8-12-23-19)4-2-17(1)20-13-15-6-10-22-11-7-15/h1-4,8,12,15,20H,5-7,9-11,13-14H2. The quantitative estimate of drug-likeness (QED) is 0.912. The van der Waals surface area contributed by atoms with Crippen molar-refractivity contribution in [2.75, 3.05) is 36.5 Å². The molecule has 4 heteroatoms. The van der Waals surface area contributed by atoms with Crippen LogP contribution in [0.3, 0.4) is 0 Å². The smallest absolute Gasteiger partial charge is 0.0469 e. The summed E-state index contributed by atoms with van der Waals surface area (Å²) in [6.07, 6.45) is 3.54. The first-order valence-corrected chi connectivity index (χ1v) is 9.48. The highest BCUT2D eigenvalue weighted by molar-refractivity contribution is 7.10. The summed E-state index contributed by atoms with van der Waals surface area (Å²) in [5.74, 6) is 0.752. The second kappa shape index (κ2) is 6.93. The molecule has 1 N–H and O–H groups in total. The lowest BCUT2D eigenvalue weighted by atomic mass is 10.0. The molecule has 2 aromatic rings. The van der Waals surface area contributed by atoms with Crippen LogP contribution in [0.4, 0.5) is 11.4 Å². The van der Waals surface area contributed by atoms with Crippen molar-refractivity contribution in [3.63, 3.8) is 0 Å². The third-order valence-corrected chi connectivity index (χ3v) is 6.00. The third kappa shape index (κ3) is 3.54. The second-order valence-electron chi connectivity index (χ2n) is 6.52. The first-order chi connectivity index (χ1) is 11.4. The molecule has 2 aliphatic rings. The average molecular weight is 328 g/mol. The number of benzene rings is 1. The van der Waals surface area contributed by atoms with E-state index in [0.29, 0.717) is 0 Å². The summed E-state index contributed by atoms with van der Waals surface area (Å²) in [5, 5.41) is 5.80. The van der Waals surface area contributed by atoms with Gasteiger partial charge in [0.25, 0.3) is 0 Å². The van der Waals surface area contributed by atoms with Gasteiger partial charge in [-0.3, -0.25) is 0 Å². The Hall–Kier alpha value is -1.52. The van der Waals surface area contributed by atoms with Crippen molar-refractivity contribution in [1.29, 1.82) is 0 Å². The fourth-order valence-corrected chi connectivity index (χ4v) is 4.36. The topological polar surface area (TPSA) is 24.5 Å². The van der Waals surface area contributed by atoms with Crippen LogP contribution < -0.4 is 10.2 Å². The lowest BCUT2D eigenvalue weighted by Crippen LogP contribution is -2.29. The second-order valence-corrected chi connectivity index (χ2v) is 7.52. The molecule has 0 spiro atoms. The number of anilines is 2. The zero-order valence-corrected chi connectivity index (χ0v) is 14.3. The first kappa shape index (κ1) is 15.0. The highest BCUT2D eigenvalue weighted by Crippen LogP contribution is 2.28. The van der Waals surface area contributed by atoms with Gasteiger partial charge in [-0.25, -0.2) is 0 Å². The summed E-state index contributed by atoms with van der Waals surface area (Å²) in [4.78, 5) is 4.05. The Morgan fingerprint density at radius 1 is 1.13 bits per heavy atom. The molecular formula is C19H24N2OS. The van der Waals surface area contributed by atoms with Crippen molar-refractivity contribution in [1.82, 2.24) is 0 Å². The van der Waals surface area contributed by atoms with E-state index in [-0.39, 0.29) is 0 Å². The van der Waals surface area contributed by atoms with Gasteiger partial charge in [-0.1, -0.05) is 0 Å². The Morgan fingerprint density at radius 2 is 1.96 bits per heavy atom. The fourth-order valence-electron chi connectivity index (χ4n) is 3.47. The molecule has 23 heavy (non-hydrogen) atoms. The summed E-state index contributed by atoms with van der Waals surface area (Å²) in [6.45, 7) is 5.08. The van der Waals surface area contributed by atoms with Crippen LogP contribution in [-0.4, -0.2) is 26.3 Å². The van der Waals surface area contributed by atoms with Gasteiger partial charge >= 0.3 is 0 Å². The van der Waals surface area contributed by atoms with Crippen LogP contribution in [-0.2, 0) is 17.7 Å². The number of nitrogens with one attached hydrogen (secondary N) is 1. The van der Waals surface area contributed by atoms with E-state index < -0.39 is 0 Å². The van der Waals surface area contributed by atoms with Crippen molar-refractivity contribution in [3.8, 4) is 0 Å². The molecule has 2 aliphatic heterocycles. The number of hydrogen-bond donors (Lipinski definition) is 1. The SMILES string of the molecule is c1cc2c(s1)CCN(c1ccc(NCC3CCOCC3)cc1)C2. The van der Waals surface area contributed by atoms with Gasteiger partial charge in [-0.2, -0.15) is 0 Å². The minimum atomic E-state index is 0.752. The van der Waals surface area contributed by atoms with E-state index in [1.807, 2.05) is 11.3 Å². The molecule has 3 nitrogen and oxygen atoms in total. The van der Waals surface area contributed by atoms with Crippen LogP contribution in [0, 0.1) is 5.92 Å². The first-order valence-electron chi connectivity index (χ1n) is 8.60. The predicted octanol–water partition coefficient (Wildman–Crippen LogP) is 4.15. The average Bonchev–Trinajstić information content (AvgIpc) is 3.09. The van der Waals surface area contributed by atoms with Gasteiger partial charge in [0.1, 0.15) is 0 Å². The van der Waals surface area contributed by atoms with E-state index in [4.69, 9.17) is 4.74 Å². The molecule has 1 fully saturated rings. The molecule has 4 rings (SSSR count). The normalized spacial score (nSPS) is 18.7. The Morgan fingerprint density at radius 3 is 2.78 bits per heavy atom. The molecule has 0 atom stereocenters. The highest BCUT2D eigenvalue weighted by atomic mass is 32.1. The molecular weight excluding hydrogens is 304 g/mol. The van der Waals surface area contributed by atoms with E-state index in [1.165, 1.54) is 36.2 Å². The molecule has 122 valence electrons. The van der Waals surface area contributed by atoms with E-state index in [1.54, 1.807) is 4.88 Å². The highest BCUT2D eigenvalue weighted by Gasteiger charge is 2.17. The van der Waals surface area contributed by atoms with Crippen LogP contribution in [0.2, 0.25) is 0 Å². The molecule has 1 saturated heterocycles. The van der Waals surface area contributed by atoms with Crippen LogP contribution in [0.15, 0.2) is 35.7 Å². The van der Waals surface area contributed by atoms with Crippen molar-refractivity contribution in [3.05, 3.63) is 46.2 Å². The van der Waals surface area contributed by atoms with Crippen molar-refractivity contribution in [2.45, 2.75) is 25.8 Å². The summed E-state index contributed by atoms with van der Waals surface area (Å²) >= 11 is 1.90. The number of nitrogens with zero attached hydrogens (tertiary/aromatic N) is 1. The summed E-state index contributed by atoms with van der Waals surface area (Å²) in [7, 11) is 0. The molecule has 0 aliphatic carbocycles. The Balaban J connectivity index is 1.34. The van der Waals surface area contributed by atoms with E-state index in [0.717, 1.165) is 38.8 Å². The minimum absolute atomic E-state index is 0.752. The Kier molecular flexibility index (Phi) is 4.53. The van der Waals surface area contributed by atoms with Gasteiger partial charge in [0.2, 0.25) is 0 Å². The zero-order chi connectivity index (χ0) is 15.5.